The van der Waals surface area contributed by atoms with E-state index in [1.54, 1.807) is 6.20 Å². The van der Waals surface area contributed by atoms with Gasteiger partial charge in [-0.1, -0.05) is 0 Å². The van der Waals surface area contributed by atoms with E-state index >= 15 is 0 Å². The van der Waals surface area contributed by atoms with Crippen LogP contribution in [0, 0.1) is 0 Å². The number of aromatic nitrogens is 3. The zero-order chi connectivity index (χ0) is 26.4. The molecule has 4 aliphatic rings. The highest BCUT2D eigenvalue weighted by Gasteiger charge is 2.54. The molecule has 0 radical (unpaired) electrons. The molecular formula is C29H46FN7. The third-order valence-electron chi connectivity index (χ3n) is 10.7. The highest BCUT2D eigenvalue weighted by Crippen LogP contribution is 2.49. The molecule has 2 fully saturated rings. The van der Waals surface area contributed by atoms with E-state index < -0.39 is 12.3 Å². The van der Waals surface area contributed by atoms with Gasteiger partial charge in [0.25, 0.3) is 0 Å². The van der Waals surface area contributed by atoms with Crippen LogP contribution >= 0.6 is 0 Å². The molecule has 0 bridgehead atoms. The van der Waals surface area contributed by atoms with Crippen LogP contribution in [-0.2, 0) is 23.8 Å². The molecule has 2 saturated heterocycles. The van der Waals surface area contributed by atoms with Crippen LogP contribution in [0.2, 0.25) is 0 Å². The first-order chi connectivity index (χ1) is 17.4. The second-order valence-corrected chi connectivity index (χ2v) is 13.9. The Balaban J connectivity index is 1.17. The SMILES string of the molecule is CC(C)(C)N1CCC2(CC1)c1ccc(CC(C)(C)N3CCC4(CC3)c3ccnn3C(F)[C@H]4N)n1C[C@H]2N. The van der Waals surface area contributed by atoms with Crippen LogP contribution in [-0.4, -0.2) is 73.5 Å². The molecule has 6 rings (SSSR count). The minimum absolute atomic E-state index is 0.00968. The van der Waals surface area contributed by atoms with Gasteiger partial charge in [-0.15, -0.1) is 0 Å². The van der Waals surface area contributed by atoms with E-state index in [1.807, 2.05) is 6.07 Å². The largest absolute Gasteiger partial charge is 0.346 e. The van der Waals surface area contributed by atoms with Crippen LogP contribution in [0.4, 0.5) is 4.39 Å². The molecule has 37 heavy (non-hydrogen) atoms. The third-order valence-corrected chi connectivity index (χ3v) is 10.7. The monoisotopic (exact) mass is 511 g/mol. The fourth-order valence-electron chi connectivity index (χ4n) is 8.23. The van der Waals surface area contributed by atoms with Crippen molar-refractivity contribution in [3.8, 4) is 0 Å². The summed E-state index contributed by atoms with van der Waals surface area (Å²) in [5.74, 6) is 0. The molecule has 0 aromatic carbocycles. The summed E-state index contributed by atoms with van der Waals surface area (Å²) in [6.07, 6.45) is 5.48. The number of hydrogen-bond donors (Lipinski definition) is 2. The van der Waals surface area contributed by atoms with Crippen molar-refractivity contribution in [3.05, 3.63) is 41.5 Å². The Bertz CT molecular complexity index is 1140. The Labute approximate surface area is 221 Å². The van der Waals surface area contributed by atoms with Gasteiger partial charge in [-0.25, -0.2) is 9.07 Å². The summed E-state index contributed by atoms with van der Waals surface area (Å²) < 4.78 is 19.0. The summed E-state index contributed by atoms with van der Waals surface area (Å²) in [4.78, 5) is 5.20. The molecule has 2 aromatic heterocycles. The van der Waals surface area contributed by atoms with Gasteiger partial charge in [0, 0.05) is 64.2 Å². The maximum atomic E-state index is 14.9. The van der Waals surface area contributed by atoms with Crippen LogP contribution in [0.5, 0.6) is 0 Å². The maximum absolute atomic E-state index is 14.9. The lowest BCUT2D eigenvalue weighted by atomic mass is 9.71. The number of fused-ring (bicyclic) bond motifs is 4. The molecule has 1 unspecified atom stereocenters. The minimum atomic E-state index is -1.22. The van der Waals surface area contributed by atoms with Gasteiger partial charge >= 0.3 is 0 Å². The zero-order valence-corrected chi connectivity index (χ0v) is 23.4. The molecule has 4 aliphatic heterocycles. The zero-order valence-electron chi connectivity index (χ0n) is 23.4. The van der Waals surface area contributed by atoms with Gasteiger partial charge in [0.05, 0.1) is 6.04 Å². The number of likely N-dealkylation sites (tertiary alicyclic amines) is 2. The molecule has 2 aromatic rings. The molecule has 8 heteroatoms. The molecule has 0 amide bonds. The standard InChI is InChI=1S/C29H46FN7/c1-26(2,3)34-14-9-28(10-15-34)21(31)19-36-20(6-7-22(28)36)18-27(4,5)35-16-11-29(12-17-35)23-8-13-33-37(23)25(30)24(29)32/h6-8,13,21,24-25H,9-12,14-19,31-32H2,1-5H3/t21-,24-,25?/m1/s1. The van der Waals surface area contributed by atoms with Crippen LogP contribution in [0.1, 0.15) is 83.7 Å². The lowest BCUT2D eigenvalue weighted by Crippen LogP contribution is -2.56. The summed E-state index contributed by atoms with van der Waals surface area (Å²) in [6.45, 7) is 16.6. The van der Waals surface area contributed by atoms with E-state index in [4.69, 9.17) is 11.5 Å². The van der Waals surface area contributed by atoms with Crippen molar-refractivity contribution >= 4 is 0 Å². The molecular weight excluding hydrogens is 465 g/mol. The van der Waals surface area contributed by atoms with Gasteiger partial charge in [-0.05, 0) is 105 Å². The first-order valence-electron chi connectivity index (χ1n) is 14.3. The molecule has 4 N–H and O–H groups in total. The third kappa shape index (κ3) is 3.69. The Kier molecular flexibility index (Phi) is 5.78. The quantitative estimate of drug-likeness (QED) is 0.661. The molecule has 6 heterocycles. The van der Waals surface area contributed by atoms with Gasteiger partial charge in [-0.2, -0.15) is 5.10 Å². The fraction of sp³-hybridized carbons (Fsp3) is 0.759. The summed E-state index contributed by atoms with van der Waals surface area (Å²) in [5, 5.41) is 4.22. The van der Waals surface area contributed by atoms with E-state index in [0.717, 1.165) is 70.5 Å². The van der Waals surface area contributed by atoms with Gasteiger partial charge in [0.2, 0.25) is 6.30 Å². The average Bonchev–Trinajstić information content (AvgIpc) is 3.59. The van der Waals surface area contributed by atoms with E-state index in [2.05, 4.69) is 66.2 Å². The normalized spacial score (nSPS) is 29.8. The number of nitrogens with zero attached hydrogens (tertiary/aromatic N) is 5. The van der Waals surface area contributed by atoms with Crippen molar-refractivity contribution in [2.75, 3.05) is 26.2 Å². The second kappa shape index (κ2) is 8.38. The maximum Gasteiger partial charge on any atom is 0.207 e. The van der Waals surface area contributed by atoms with Gasteiger partial charge in [0.1, 0.15) is 0 Å². The predicted molar refractivity (Wildman–Crippen MR) is 145 cm³/mol. The van der Waals surface area contributed by atoms with Crippen LogP contribution in [0.25, 0.3) is 0 Å². The summed E-state index contributed by atoms with van der Waals surface area (Å²) in [7, 11) is 0. The summed E-state index contributed by atoms with van der Waals surface area (Å²) >= 11 is 0. The molecule has 0 aliphatic carbocycles. The number of nitrogens with two attached hydrogens (primary N) is 2. The van der Waals surface area contributed by atoms with Crippen LogP contribution in [0.15, 0.2) is 24.4 Å². The summed E-state index contributed by atoms with van der Waals surface area (Å²) in [6, 6.07) is 6.36. The van der Waals surface area contributed by atoms with Crippen molar-refractivity contribution in [3.63, 3.8) is 0 Å². The van der Waals surface area contributed by atoms with E-state index in [1.165, 1.54) is 16.1 Å². The minimum Gasteiger partial charge on any atom is -0.346 e. The average molecular weight is 512 g/mol. The second-order valence-electron chi connectivity index (χ2n) is 13.9. The van der Waals surface area contributed by atoms with Crippen molar-refractivity contribution in [1.82, 2.24) is 24.1 Å². The van der Waals surface area contributed by atoms with Gasteiger partial charge < -0.3 is 16.0 Å². The van der Waals surface area contributed by atoms with E-state index in [0.29, 0.717) is 0 Å². The van der Waals surface area contributed by atoms with Crippen molar-refractivity contribution in [2.24, 2.45) is 11.5 Å². The van der Waals surface area contributed by atoms with Gasteiger partial charge in [0.15, 0.2) is 0 Å². The number of piperidine rings is 2. The highest BCUT2D eigenvalue weighted by atomic mass is 19.1. The molecule has 0 saturated carbocycles. The van der Waals surface area contributed by atoms with Crippen molar-refractivity contribution < 1.29 is 4.39 Å². The number of alkyl halides is 1. The molecule has 7 nitrogen and oxygen atoms in total. The Morgan fingerprint density at radius 2 is 1.51 bits per heavy atom. The topological polar surface area (TPSA) is 81.3 Å². The Morgan fingerprint density at radius 3 is 2.16 bits per heavy atom. The summed E-state index contributed by atoms with van der Waals surface area (Å²) in [5.41, 5.74) is 17.2. The van der Waals surface area contributed by atoms with Crippen LogP contribution < -0.4 is 11.5 Å². The number of halogens is 1. The van der Waals surface area contributed by atoms with Crippen molar-refractivity contribution in [2.45, 2.75) is 114 Å². The fourth-order valence-corrected chi connectivity index (χ4v) is 8.23. The van der Waals surface area contributed by atoms with Crippen molar-refractivity contribution in [1.29, 1.82) is 0 Å². The van der Waals surface area contributed by atoms with E-state index in [-0.39, 0.29) is 27.9 Å². The lowest BCUT2D eigenvalue weighted by Gasteiger charge is -2.47. The highest BCUT2D eigenvalue weighted by molar-refractivity contribution is 5.33. The van der Waals surface area contributed by atoms with Crippen LogP contribution in [0.3, 0.4) is 0 Å². The van der Waals surface area contributed by atoms with E-state index in [9.17, 15) is 4.39 Å². The Morgan fingerprint density at radius 1 is 0.892 bits per heavy atom. The molecule has 2 spiro atoms. The molecule has 204 valence electrons. The first-order valence-corrected chi connectivity index (χ1v) is 14.3. The first kappa shape index (κ1) is 25.5. The number of rotatable bonds is 3. The smallest absolute Gasteiger partial charge is 0.207 e. The predicted octanol–water partition coefficient (Wildman–Crippen LogP) is 3.32. The Hall–Kier alpha value is -1.74. The lowest BCUT2D eigenvalue weighted by molar-refractivity contribution is 0.0476. The molecule has 3 atom stereocenters. The number of hydrogen-bond acceptors (Lipinski definition) is 5. The van der Waals surface area contributed by atoms with Gasteiger partial charge in [-0.3, -0.25) is 9.80 Å².